The maximum atomic E-state index is 17.0. The van der Waals surface area contributed by atoms with Crippen LogP contribution in [0.25, 0.3) is 32.9 Å². The number of halogens is 1. The van der Waals surface area contributed by atoms with Crippen molar-refractivity contribution in [2.45, 2.75) is 70.0 Å². The fourth-order valence-corrected chi connectivity index (χ4v) is 12.2. The van der Waals surface area contributed by atoms with E-state index in [1.165, 1.54) is 7.05 Å². The maximum Gasteiger partial charge on any atom is 0.319 e. The van der Waals surface area contributed by atoms with Gasteiger partial charge < -0.3 is 40.0 Å². The van der Waals surface area contributed by atoms with Crippen LogP contribution < -0.4 is 25.2 Å². The van der Waals surface area contributed by atoms with Crippen molar-refractivity contribution < 1.29 is 33.4 Å². The van der Waals surface area contributed by atoms with Gasteiger partial charge in [0.05, 0.1) is 16.5 Å². The number of anilines is 2. The molecule has 0 aliphatic carbocycles. The predicted molar refractivity (Wildman–Crippen MR) is 259 cm³/mol. The van der Waals surface area contributed by atoms with E-state index in [4.69, 9.17) is 19.7 Å². The van der Waals surface area contributed by atoms with E-state index in [9.17, 15) is 24.3 Å². The summed E-state index contributed by atoms with van der Waals surface area (Å²) in [6.45, 7) is 11.5. The number of piperidine rings is 1. The number of carbonyl (C=O) groups is 4. The van der Waals surface area contributed by atoms with Gasteiger partial charge >= 0.3 is 6.01 Å². The Labute approximate surface area is 400 Å². The summed E-state index contributed by atoms with van der Waals surface area (Å²) < 4.78 is 23.4. The molecule has 3 atom stereocenters. The molecule has 1 spiro atoms. The second kappa shape index (κ2) is 18.2. The summed E-state index contributed by atoms with van der Waals surface area (Å²) in [7, 11) is 1.45. The molecule has 3 aromatic carbocycles. The monoisotopic (exact) mass is 938 g/mol. The van der Waals surface area contributed by atoms with E-state index in [0.29, 0.717) is 59.8 Å². The smallest absolute Gasteiger partial charge is 0.319 e. The van der Waals surface area contributed by atoms with Crippen LogP contribution in [0, 0.1) is 17.2 Å². The van der Waals surface area contributed by atoms with Crippen LogP contribution in [0.1, 0.15) is 71.7 Å². The summed E-state index contributed by atoms with van der Waals surface area (Å²) in [5.74, 6) is -0.754. The number of aldehydes is 1. The Morgan fingerprint density at radius 1 is 0.957 bits per heavy atom. The number of ether oxygens (including phenoxy) is 1. The van der Waals surface area contributed by atoms with Gasteiger partial charge in [-0.25, -0.2) is 4.39 Å². The van der Waals surface area contributed by atoms with Crippen LogP contribution in [0.3, 0.4) is 0 Å². The number of likely N-dealkylation sites (tertiary alicyclic amines) is 2. The summed E-state index contributed by atoms with van der Waals surface area (Å²) >= 11 is 0. The second-order valence-corrected chi connectivity index (χ2v) is 20.2. The summed E-state index contributed by atoms with van der Waals surface area (Å²) in [6.07, 6.45) is 7.62. The highest BCUT2D eigenvalue weighted by atomic mass is 19.1. The van der Waals surface area contributed by atoms with E-state index < -0.39 is 29.6 Å². The minimum atomic E-state index is -1.04. The molecule has 6 aliphatic heterocycles. The normalized spacial score (nSPS) is 21.8. The number of benzene rings is 3. The SMILES string of the molecule is CCc1cccc2cc(O)cc(-c3ncc4c(N5CC6CCC(C5)N6)nc(OCCN5CCC(CN6CC7(C6)CN(c6ccc8c(c6)C(=O)N(C(CCC=O)C(=O)NC)C8=O)C7)CC5)nc4c3F)c12. The quantitative estimate of drug-likeness (QED) is 0.0965. The van der Waals surface area contributed by atoms with Gasteiger partial charge in [-0.2, -0.15) is 9.97 Å². The van der Waals surface area contributed by atoms with Crippen LogP contribution in [0.2, 0.25) is 0 Å². The third-order valence-corrected chi connectivity index (χ3v) is 15.6. The fraction of sp³-hybridized carbons (Fsp3) is 0.481. The van der Waals surface area contributed by atoms with Gasteiger partial charge in [-0.15, -0.1) is 0 Å². The first-order valence-electron chi connectivity index (χ1n) is 24.6. The fourth-order valence-electron chi connectivity index (χ4n) is 12.2. The van der Waals surface area contributed by atoms with E-state index in [1.54, 1.807) is 30.5 Å². The number of piperazine rings is 1. The molecule has 6 aliphatic rings. The number of aromatic hydroxyl groups is 1. The van der Waals surface area contributed by atoms with Gasteiger partial charge in [-0.1, -0.05) is 25.1 Å². The Balaban J connectivity index is 0.697. The molecule has 8 heterocycles. The first-order chi connectivity index (χ1) is 33.5. The molecule has 3 unspecified atom stereocenters. The lowest BCUT2D eigenvalue weighted by molar-refractivity contribution is -0.124. The second-order valence-electron chi connectivity index (χ2n) is 20.2. The highest BCUT2D eigenvalue weighted by Crippen LogP contribution is 2.44. The van der Waals surface area contributed by atoms with E-state index in [0.717, 1.165) is 118 Å². The van der Waals surface area contributed by atoms with Crippen LogP contribution in [-0.2, 0) is 16.0 Å². The van der Waals surface area contributed by atoms with Crippen molar-refractivity contribution in [2.75, 3.05) is 88.9 Å². The van der Waals surface area contributed by atoms with Crippen molar-refractivity contribution in [3.05, 3.63) is 77.2 Å². The maximum absolute atomic E-state index is 17.0. The number of nitrogens with one attached hydrogen (secondary N) is 2. The van der Waals surface area contributed by atoms with E-state index in [-0.39, 0.29) is 46.8 Å². The zero-order chi connectivity index (χ0) is 47.6. The number of nitrogens with zero attached hydrogens (tertiary/aromatic N) is 8. The number of fused-ring (bicyclic) bond motifs is 5. The van der Waals surface area contributed by atoms with Crippen LogP contribution in [0.5, 0.6) is 11.8 Å². The molecular weight excluding hydrogens is 880 g/mol. The number of aryl methyl sites for hydroxylation is 1. The van der Waals surface area contributed by atoms with Crippen molar-refractivity contribution in [2.24, 2.45) is 11.3 Å². The largest absolute Gasteiger partial charge is 0.508 e. The van der Waals surface area contributed by atoms with Crippen molar-refractivity contribution in [3.63, 3.8) is 0 Å². The van der Waals surface area contributed by atoms with Gasteiger partial charge in [0.25, 0.3) is 11.8 Å². The molecule has 3 N–H and O–H groups in total. The van der Waals surface area contributed by atoms with Crippen molar-refractivity contribution in [3.8, 4) is 23.0 Å². The highest BCUT2D eigenvalue weighted by Gasteiger charge is 2.52. The number of pyridine rings is 1. The third kappa shape index (κ3) is 8.31. The van der Waals surface area contributed by atoms with E-state index >= 15 is 4.39 Å². The number of phenols is 1. The zero-order valence-electron chi connectivity index (χ0n) is 39.3. The Kier molecular flexibility index (Phi) is 11.9. The van der Waals surface area contributed by atoms with Crippen molar-refractivity contribution in [1.29, 1.82) is 0 Å². The first kappa shape index (κ1) is 45.2. The minimum absolute atomic E-state index is 0.0448. The molecule has 11 rings (SSSR count). The van der Waals surface area contributed by atoms with Crippen LogP contribution >= 0.6 is 0 Å². The van der Waals surface area contributed by atoms with Gasteiger partial charge in [0.1, 0.15) is 41.7 Å². The molecule has 16 nitrogen and oxygen atoms in total. The Morgan fingerprint density at radius 2 is 1.72 bits per heavy atom. The number of phenolic OH excluding ortho intramolecular Hbond substituents is 1. The standard InChI is InChI=1S/C52H59FN10O6/c1-3-32-6-4-7-33-20-37(65)22-40(43(32)33)45-44(53)46-41(23-55-45)47(61-25-34-9-10-35(26-61)56-34)58-51(57-46)69-19-17-59-15-13-31(14-16-59)24-60-27-52(28-60)29-62(30-52)36-11-12-38-39(21-36)50(68)63(49(38)67)42(8-5-18-64)48(66)54-2/h4,6-7,11-12,18,20-23,31,34-35,42,56,65H,3,5,8-10,13-17,19,24-30H2,1-2H3,(H,54,66). The number of aromatic nitrogens is 3. The van der Waals surface area contributed by atoms with E-state index in [1.807, 2.05) is 24.3 Å². The lowest BCUT2D eigenvalue weighted by atomic mass is 9.72. The van der Waals surface area contributed by atoms with Gasteiger partial charge in [-0.3, -0.25) is 29.2 Å². The van der Waals surface area contributed by atoms with Crippen molar-refractivity contribution in [1.82, 2.24) is 40.3 Å². The molecule has 0 saturated carbocycles. The number of hydrogen-bond donors (Lipinski definition) is 3. The lowest BCUT2D eigenvalue weighted by Gasteiger charge is -2.61. The van der Waals surface area contributed by atoms with Gasteiger partial charge in [0, 0.05) is 101 Å². The highest BCUT2D eigenvalue weighted by molar-refractivity contribution is 6.23. The van der Waals surface area contributed by atoms with Crippen molar-refractivity contribution >= 4 is 57.2 Å². The molecule has 5 aromatic rings. The topological polar surface area (TPSA) is 177 Å². The zero-order valence-corrected chi connectivity index (χ0v) is 39.3. The molecule has 69 heavy (non-hydrogen) atoms. The molecule has 2 bridgehead atoms. The third-order valence-electron chi connectivity index (χ3n) is 15.6. The molecule has 360 valence electrons. The Morgan fingerprint density at radius 3 is 2.46 bits per heavy atom. The summed E-state index contributed by atoms with van der Waals surface area (Å²) in [6, 6.07) is 14.3. The predicted octanol–water partition coefficient (Wildman–Crippen LogP) is 4.80. The first-order valence-corrected chi connectivity index (χ1v) is 24.6. The van der Waals surface area contributed by atoms with Gasteiger partial charge in [0.15, 0.2) is 5.82 Å². The number of carbonyl (C=O) groups excluding carboxylic acids is 4. The molecule has 17 heteroatoms. The number of rotatable bonds is 15. The summed E-state index contributed by atoms with van der Waals surface area (Å²) in [4.78, 5) is 75.2. The Hall–Kier alpha value is -6.30. The lowest BCUT2D eigenvalue weighted by Crippen LogP contribution is -2.72. The molecule has 3 amide bonds. The summed E-state index contributed by atoms with van der Waals surface area (Å²) in [5, 5.41) is 19.2. The molecular formula is C52H59FN10O6. The van der Waals surface area contributed by atoms with Gasteiger partial charge in [-0.05, 0) is 104 Å². The number of amides is 3. The number of likely N-dealkylation sites (N-methyl/N-ethyl adjacent to an activating group) is 1. The molecule has 2 aromatic heterocycles. The molecule has 5 saturated heterocycles. The van der Waals surface area contributed by atoms with E-state index in [2.05, 4.69) is 37.2 Å². The number of hydrogen-bond acceptors (Lipinski definition) is 14. The Bertz CT molecular complexity index is 2850. The molecule has 5 fully saturated rings. The average Bonchev–Trinajstić information content (AvgIpc) is 3.80. The number of imide groups is 1. The van der Waals surface area contributed by atoms with Gasteiger partial charge in [0.2, 0.25) is 5.91 Å². The van der Waals surface area contributed by atoms with Crippen LogP contribution in [-0.4, -0.2) is 156 Å². The summed E-state index contributed by atoms with van der Waals surface area (Å²) in [5.41, 5.74) is 3.56. The average molecular weight is 939 g/mol. The minimum Gasteiger partial charge on any atom is -0.508 e. The van der Waals surface area contributed by atoms with Crippen LogP contribution in [0.15, 0.2) is 54.7 Å². The molecule has 0 radical (unpaired) electrons. The van der Waals surface area contributed by atoms with Crippen LogP contribution in [0.4, 0.5) is 15.9 Å².